The molecule has 2 heterocycles. The average molecular weight is 528 g/mol. The van der Waals surface area contributed by atoms with Crippen molar-refractivity contribution in [3.8, 4) is 0 Å². The summed E-state index contributed by atoms with van der Waals surface area (Å²) in [5.41, 5.74) is 4.19. The van der Waals surface area contributed by atoms with Crippen molar-refractivity contribution in [1.29, 1.82) is 0 Å². The monoisotopic (exact) mass is 528 g/mol. The second-order valence-corrected chi connectivity index (χ2v) is 9.44. The summed E-state index contributed by atoms with van der Waals surface area (Å²) in [4.78, 5) is 38.8. The van der Waals surface area contributed by atoms with Gasteiger partial charge in [-0.3, -0.25) is 18.4 Å². The molecule has 17 heteroatoms. The van der Waals surface area contributed by atoms with Gasteiger partial charge >= 0.3 is 31.3 Å². The van der Waals surface area contributed by atoms with Crippen LogP contribution in [0, 0.1) is 0 Å². The van der Waals surface area contributed by atoms with Gasteiger partial charge in [-0.25, -0.2) is 19.2 Å². The SMILES string of the molecule is COC(=O)COP(=O)(N[C@@H](C)C(=O)OC(C)C)OC[C@H]1O[C@@H](n2ccc(N)nc2=O)C(F)(F)[C@@H]1O. The molecule has 14 nitrogen and oxygen atoms in total. The van der Waals surface area contributed by atoms with Crippen molar-refractivity contribution in [3.63, 3.8) is 0 Å². The number of hydrogen-bond acceptors (Lipinski definition) is 12. The number of nitrogen functional groups attached to an aromatic ring is 1. The second kappa shape index (κ2) is 11.5. The molecule has 1 aromatic rings. The summed E-state index contributed by atoms with van der Waals surface area (Å²) >= 11 is 0. The number of aliphatic hydroxyl groups is 1. The summed E-state index contributed by atoms with van der Waals surface area (Å²) in [6.07, 6.45) is -6.19. The first-order valence-electron chi connectivity index (χ1n) is 10.2. The van der Waals surface area contributed by atoms with E-state index in [9.17, 15) is 32.8 Å². The Kier molecular flexibility index (Phi) is 9.44. The quantitative estimate of drug-likeness (QED) is 0.256. The summed E-state index contributed by atoms with van der Waals surface area (Å²) in [6, 6.07) is -0.197. The Hall–Kier alpha value is -2.49. The van der Waals surface area contributed by atoms with Crippen molar-refractivity contribution in [2.24, 2.45) is 0 Å². The molecule has 1 aromatic heterocycles. The molecule has 0 bridgehead atoms. The van der Waals surface area contributed by atoms with Crippen LogP contribution in [0.1, 0.15) is 27.0 Å². The Morgan fingerprint density at radius 3 is 2.60 bits per heavy atom. The average Bonchev–Trinajstić information content (AvgIpc) is 2.99. The van der Waals surface area contributed by atoms with E-state index in [1.54, 1.807) is 13.8 Å². The van der Waals surface area contributed by atoms with E-state index < -0.39 is 75.1 Å². The highest BCUT2D eigenvalue weighted by atomic mass is 31.2. The van der Waals surface area contributed by atoms with Crippen LogP contribution in [0.4, 0.5) is 14.6 Å². The molecule has 0 aliphatic carbocycles. The lowest BCUT2D eigenvalue weighted by molar-refractivity contribution is -0.149. The topological polar surface area (TPSA) is 191 Å². The van der Waals surface area contributed by atoms with Crippen LogP contribution in [0.2, 0.25) is 0 Å². The number of hydrogen-bond donors (Lipinski definition) is 3. The molecule has 2 rings (SSSR count). The van der Waals surface area contributed by atoms with Crippen LogP contribution >= 0.6 is 7.75 Å². The Morgan fingerprint density at radius 2 is 2.03 bits per heavy atom. The van der Waals surface area contributed by atoms with Crippen molar-refractivity contribution in [3.05, 3.63) is 22.7 Å². The summed E-state index contributed by atoms with van der Waals surface area (Å²) in [6.45, 7) is 2.57. The number of nitrogens with one attached hydrogen (secondary N) is 1. The van der Waals surface area contributed by atoms with Gasteiger partial charge in [-0.05, 0) is 26.8 Å². The van der Waals surface area contributed by atoms with E-state index in [-0.39, 0.29) is 5.82 Å². The van der Waals surface area contributed by atoms with Gasteiger partial charge in [0.05, 0.1) is 19.8 Å². The van der Waals surface area contributed by atoms with Crippen molar-refractivity contribution in [2.75, 3.05) is 26.1 Å². The molecule has 0 radical (unpaired) electrons. The largest absolute Gasteiger partial charge is 0.467 e. The van der Waals surface area contributed by atoms with Gasteiger partial charge in [-0.2, -0.15) is 13.8 Å². The van der Waals surface area contributed by atoms with E-state index in [0.717, 1.165) is 19.4 Å². The Labute approximate surface area is 198 Å². The third kappa shape index (κ3) is 7.25. The Morgan fingerprint density at radius 1 is 1.37 bits per heavy atom. The van der Waals surface area contributed by atoms with Crippen LogP contribution < -0.4 is 16.5 Å². The van der Waals surface area contributed by atoms with Crippen molar-refractivity contribution in [1.82, 2.24) is 14.6 Å². The molecule has 5 atom stereocenters. The van der Waals surface area contributed by atoms with Crippen molar-refractivity contribution in [2.45, 2.75) is 57.3 Å². The molecular formula is C18H27F2N4O10P. The molecule has 198 valence electrons. The van der Waals surface area contributed by atoms with Crippen molar-refractivity contribution >= 4 is 25.5 Å². The van der Waals surface area contributed by atoms with E-state index in [1.165, 1.54) is 6.92 Å². The van der Waals surface area contributed by atoms with Gasteiger partial charge in [0.15, 0.2) is 12.7 Å². The van der Waals surface area contributed by atoms with E-state index in [2.05, 4.69) is 14.8 Å². The summed E-state index contributed by atoms with van der Waals surface area (Å²) < 4.78 is 67.4. The van der Waals surface area contributed by atoms with Crippen LogP contribution in [0.5, 0.6) is 0 Å². The molecule has 1 unspecified atom stereocenters. The maximum Gasteiger partial charge on any atom is 0.406 e. The minimum atomic E-state index is -4.55. The number of carbonyl (C=O) groups excluding carboxylic acids is 2. The number of methoxy groups -OCH3 is 1. The number of aromatic nitrogens is 2. The third-order valence-electron chi connectivity index (χ3n) is 4.53. The maximum atomic E-state index is 14.7. The first-order chi connectivity index (χ1) is 16.2. The highest BCUT2D eigenvalue weighted by Gasteiger charge is 2.60. The molecule has 0 amide bonds. The van der Waals surface area contributed by atoms with Crippen LogP contribution in [-0.2, 0) is 37.4 Å². The van der Waals surface area contributed by atoms with Crippen LogP contribution in [0.15, 0.2) is 17.1 Å². The zero-order chi connectivity index (χ0) is 26.6. The van der Waals surface area contributed by atoms with Gasteiger partial charge in [0.1, 0.15) is 18.0 Å². The van der Waals surface area contributed by atoms with Gasteiger partial charge in [0.2, 0.25) is 6.23 Å². The van der Waals surface area contributed by atoms with Gasteiger partial charge in [-0.1, -0.05) is 0 Å². The predicted molar refractivity (Wildman–Crippen MR) is 113 cm³/mol. The molecule has 1 aliphatic rings. The highest BCUT2D eigenvalue weighted by molar-refractivity contribution is 7.51. The fourth-order valence-corrected chi connectivity index (χ4v) is 4.24. The first kappa shape index (κ1) is 28.7. The molecule has 4 N–H and O–H groups in total. The number of ether oxygens (including phenoxy) is 3. The molecule has 0 spiro atoms. The number of nitrogens with zero attached hydrogens (tertiary/aromatic N) is 2. The Balaban J connectivity index is 2.19. The standard InChI is InChI=1S/C18H27F2N4O10P/c1-9(2)33-15(27)10(3)23-35(29,32-8-13(25)30-4)31-7-11-14(26)18(19,20)16(34-11)24-6-5-12(21)22-17(24)28/h5-6,9-11,14,16,26H,7-8H2,1-4H3,(H,23,29)(H2,21,22,28)/t10-,11+,14+,16+,35?/m0/s1. The molecule has 1 fully saturated rings. The molecule has 0 aromatic carbocycles. The fraction of sp³-hybridized carbons (Fsp3) is 0.667. The normalized spacial score (nSPS) is 24.1. The molecule has 35 heavy (non-hydrogen) atoms. The molecule has 0 saturated carbocycles. The lowest BCUT2D eigenvalue weighted by Gasteiger charge is -2.24. The number of anilines is 1. The van der Waals surface area contributed by atoms with Crippen LogP contribution in [-0.4, -0.2) is 77.2 Å². The van der Waals surface area contributed by atoms with E-state index >= 15 is 0 Å². The third-order valence-corrected chi connectivity index (χ3v) is 6.19. The van der Waals surface area contributed by atoms with Crippen molar-refractivity contribution < 1.29 is 51.3 Å². The molecule has 1 aliphatic heterocycles. The summed E-state index contributed by atoms with van der Waals surface area (Å²) in [5.74, 6) is -6.00. The zero-order valence-electron chi connectivity index (χ0n) is 19.3. The van der Waals surface area contributed by atoms with Gasteiger partial charge in [0.25, 0.3) is 0 Å². The van der Waals surface area contributed by atoms with Crippen LogP contribution in [0.25, 0.3) is 0 Å². The number of rotatable bonds is 11. The van der Waals surface area contributed by atoms with Crippen LogP contribution in [0.3, 0.4) is 0 Å². The maximum absolute atomic E-state index is 14.7. The van der Waals surface area contributed by atoms with Gasteiger partial charge in [0, 0.05) is 6.20 Å². The van der Waals surface area contributed by atoms with E-state index in [4.69, 9.17) is 24.3 Å². The number of alkyl halides is 2. The number of aliphatic hydroxyl groups excluding tert-OH is 1. The number of esters is 2. The molecular weight excluding hydrogens is 501 g/mol. The highest BCUT2D eigenvalue weighted by Crippen LogP contribution is 2.47. The lowest BCUT2D eigenvalue weighted by Crippen LogP contribution is -2.42. The minimum absolute atomic E-state index is 0.215. The number of carbonyl (C=O) groups is 2. The predicted octanol–water partition coefficient (Wildman–Crippen LogP) is -0.0369. The summed E-state index contributed by atoms with van der Waals surface area (Å²) in [7, 11) is -3.52. The minimum Gasteiger partial charge on any atom is -0.467 e. The number of halogens is 2. The Bertz CT molecular complexity index is 1020. The zero-order valence-corrected chi connectivity index (χ0v) is 20.1. The van der Waals surface area contributed by atoms with E-state index in [0.29, 0.717) is 4.57 Å². The van der Waals surface area contributed by atoms with E-state index in [1.807, 2.05) is 0 Å². The smallest absolute Gasteiger partial charge is 0.406 e. The summed E-state index contributed by atoms with van der Waals surface area (Å²) in [5, 5.41) is 12.3. The fourth-order valence-electron chi connectivity index (χ4n) is 2.81. The van der Waals surface area contributed by atoms with Gasteiger partial charge in [-0.15, -0.1) is 0 Å². The second-order valence-electron chi connectivity index (χ2n) is 7.67. The van der Waals surface area contributed by atoms with Gasteiger partial charge < -0.3 is 25.1 Å². The number of nitrogens with two attached hydrogens (primary N) is 1. The molecule has 1 saturated heterocycles. The first-order valence-corrected chi connectivity index (χ1v) is 11.7. The lowest BCUT2D eigenvalue weighted by atomic mass is 10.1.